The van der Waals surface area contributed by atoms with Gasteiger partial charge in [0.05, 0.1) is 12.6 Å². The van der Waals surface area contributed by atoms with E-state index in [9.17, 15) is 14.4 Å². The van der Waals surface area contributed by atoms with Gasteiger partial charge < -0.3 is 24.6 Å². The van der Waals surface area contributed by atoms with Crippen molar-refractivity contribution in [3.63, 3.8) is 0 Å². The van der Waals surface area contributed by atoms with Crippen molar-refractivity contribution in [1.29, 1.82) is 0 Å². The van der Waals surface area contributed by atoms with Gasteiger partial charge in [-0.15, -0.1) is 0 Å². The fourth-order valence-electron chi connectivity index (χ4n) is 5.45. The molecule has 1 N–H and O–H groups in total. The number of ether oxygens (including phenoxy) is 2. The van der Waals surface area contributed by atoms with Crippen molar-refractivity contribution in [2.24, 2.45) is 0 Å². The monoisotopic (exact) mass is 505 g/mol. The molecule has 0 aromatic heterocycles. The molecule has 0 aliphatic carbocycles. The van der Waals surface area contributed by atoms with E-state index in [0.29, 0.717) is 64.1 Å². The highest BCUT2D eigenvalue weighted by Gasteiger charge is 2.32. The molecule has 37 heavy (non-hydrogen) atoms. The molecule has 4 heterocycles. The molecule has 6 bridgehead atoms. The van der Waals surface area contributed by atoms with Crippen molar-refractivity contribution >= 4 is 17.7 Å². The van der Waals surface area contributed by atoms with Crippen molar-refractivity contribution in [3.8, 4) is 11.5 Å². The van der Waals surface area contributed by atoms with Gasteiger partial charge in [0.2, 0.25) is 11.8 Å². The van der Waals surface area contributed by atoms with Gasteiger partial charge >= 0.3 is 0 Å². The molecular weight excluding hydrogens is 470 g/mol. The molecule has 4 aliphatic rings. The van der Waals surface area contributed by atoms with Crippen LogP contribution in [-0.2, 0) is 20.8 Å². The molecule has 1 unspecified atom stereocenters. The molecular formula is C29H35N3O5. The fourth-order valence-corrected chi connectivity index (χ4v) is 5.45. The van der Waals surface area contributed by atoms with Gasteiger partial charge in [-0.3, -0.25) is 14.4 Å². The molecule has 0 spiro atoms. The summed E-state index contributed by atoms with van der Waals surface area (Å²) in [5, 5.41) is 2.86. The Morgan fingerprint density at radius 1 is 0.973 bits per heavy atom. The summed E-state index contributed by atoms with van der Waals surface area (Å²) in [5.74, 6) is 1.54. The zero-order chi connectivity index (χ0) is 25.6. The maximum absolute atomic E-state index is 13.5. The van der Waals surface area contributed by atoms with Crippen molar-refractivity contribution in [2.45, 2.75) is 51.0 Å². The topological polar surface area (TPSA) is 88.2 Å². The van der Waals surface area contributed by atoms with Crippen LogP contribution in [0.1, 0.15) is 61.3 Å². The number of hydrogen-bond donors (Lipinski definition) is 1. The van der Waals surface area contributed by atoms with E-state index in [2.05, 4.69) is 5.32 Å². The van der Waals surface area contributed by atoms with E-state index in [1.165, 1.54) is 0 Å². The van der Waals surface area contributed by atoms with E-state index in [1.54, 1.807) is 0 Å². The minimum atomic E-state index is -0.235. The smallest absolute Gasteiger partial charge is 0.257 e. The number of fused-ring (bicyclic) bond motifs is 8. The van der Waals surface area contributed by atoms with Crippen LogP contribution in [0.15, 0.2) is 42.5 Å². The lowest BCUT2D eigenvalue weighted by Crippen LogP contribution is -2.41. The van der Waals surface area contributed by atoms with Crippen LogP contribution in [0.5, 0.6) is 11.5 Å². The van der Waals surface area contributed by atoms with E-state index >= 15 is 0 Å². The summed E-state index contributed by atoms with van der Waals surface area (Å²) in [4.78, 5) is 41.7. The van der Waals surface area contributed by atoms with Crippen LogP contribution >= 0.6 is 0 Å². The second-order valence-electron chi connectivity index (χ2n) is 9.95. The predicted molar refractivity (Wildman–Crippen MR) is 138 cm³/mol. The summed E-state index contributed by atoms with van der Waals surface area (Å²) < 4.78 is 11.7. The van der Waals surface area contributed by atoms with Crippen molar-refractivity contribution in [3.05, 3.63) is 59.2 Å². The Kier molecular flexibility index (Phi) is 7.92. The molecule has 8 heteroatoms. The third-order valence-corrected chi connectivity index (χ3v) is 7.36. The van der Waals surface area contributed by atoms with Gasteiger partial charge in [-0.2, -0.15) is 0 Å². The first-order chi connectivity index (χ1) is 18.1. The van der Waals surface area contributed by atoms with Crippen LogP contribution < -0.4 is 14.8 Å². The third-order valence-electron chi connectivity index (χ3n) is 7.36. The summed E-state index contributed by atoms with van der Waals surface area (Å²) in [5.41, 5.74) is 3.18. The molecule has 3 amide bonds. The number of carbonyl (C=O) groups excluding carboxylic acids is 3. The molecule has 2 aromatic carbocycles. The minimum Gasteiger partial charge on any atom is -0.494 e. The predicted octanol–water partition coefficient (Wildman–Crippen LogP) is 3.23. The Labute approximate surface area is 217 Å². The quantitative estimate of drug-likeness (QED) is 0.689. The highest BCUT2D eigenvalue weighted by molar-refractivity contribution is 5.79. The molecule has 1 fully saturated rings. The van der Waals surface area contributed by atoms with E-state index < -0.39 is 0 Å². The Bertz CT molecular complexity index is 1150. The standard InChI is InChI=1S/C29H35N3O5/c33-26-20-37-24-10-11-25-21(18-24)12-16-32(28(35)9-4-15-31-14-2-1-8-27(31)34)29(25)22-6-3-7-23(19-22)36-17-5-13-30-26/h3,6-7,10-11,18-19,29H,1-2,4-5,8-9,12-17,20H2,(H,30,33). The molecule has 0 saturated carbocycles. The van der Waals surface area contributed by atoms with E-state index in [0.717, 1.165) is 41.8 Å². The van der Waals surface area contributed by atoms with Crippen LogP contribution in [0.4, 0.5) is 0 Å². The van der Waals surface area contributed by atoms with Gasteiger partial charge in [0.1, 0.15) is 11.5 Å². The maximum atomic E-state index is 13.5. The van der Waals surface area contributed by atoms with Gasteiger partial charge in [-0.05, 0) is 73.1 Å². The van der Waals surface area contributed by atoms with Crippen LogP contribution in [0.3, 0.4) is 0 Å². The Balaban J connectivity index is 1.39. The normalized spacial score (nSPS) is 20.2. The lowest BCUT2D eigenvalue weighted by Gasteiger charge is -2.38. The zero-order valence-corrected chi connectivity index (χ0v) is 21.2. The minimum absolute atomic E-state index is 0.0355. The number of likely N-dealkylation sites (tertiary alicyclic amines) is 1. The zero-order valence-electron chi connectivity index (χ0n) is 21.2. The Morgan fingerprint density at radius 2 is 1.86 bits per heavy atom. The fraction of sp³-hybridized carbons (Fsp3) is 0.483. The number of piperidine rings is 1. The van der Waals surface area contributed by atoms with Gasteiger partial charge in [0.15, 0.2) is 6.61 Å². The summed E-state index contributed by atoms with van der Waals surface area (Å²) in [6.45, 7) is 2.98. The highest BCUT2D eigenvalue weighted by atomic mass is 16.5. The number of hydrogen-bond acceptors (Lipinski definition) is 5. The second kappa shape index (κ2) is 11.7. The number of rotatable bonds is 4. The van der Waals surface area contributed by atoms with E-state index in [-0.39, 0.29) is 30.4 Å². The van der Waals surface area contributed by atoms with E-state index in [1.807, 2.05) is 52.3 Å². The molecule has 0 radical (unpaired) electrons. The molecule has 6 rings (SSSR count). The molecule has 8 nitrogen and oxygen atoms in total. The van der Waals surface area contributed by atoms with Gasteiger partial charge in [-0.1, -0.05) is 18.2 Å². The average molecular weight is 506 g/mol. The molecule has 1 saturated heterocycles. The number of amides is 3. The number of nitrogens with one attached hydrogen (secondary N) is 1. The average Bonchev–Trinajstić information content (AvgIpc) is 2.91. The van der Waals surface area contributed by atoms with Crippen LogP contribution in [0.2, 0.25) is 0 Å². The SMILES string of the molecule is O=C1COc2ccc3c(c2)CCN(C(=O)CCCN2CCCCC2=O)C3c2cccc(c2)OCCCN1. The first-order valence-electron chi connectivity index (χ1n) is 13.4. The Hall–Kier alpha value is -3.55. The van der Waals surface area contributed by atoms with Gasteiger partial charge in [-0.25, -0.2) is 0 Å². The molecule has 1 atom stereocenters. The van der Waals surface area contributed by atoms with E-state index in [4.69, 9.17) is 9.47 Å². The number of nitrogens with zero attached hydrogens (tertiary/aromatic N) is 2. The largest absolute Gasteiger partial charge is 0.494 e. The van der Waals surface area contributed by atoms with Crippen LogP contribution in [0.25, 0.3) is 0 Å². The third kappa shape index (κ3) is 6.06. The first kappa shape index (κ1) is 25.1. The molecule has 196 valence electrons. The molecule has 4 aliphatic heterocycles. The Morgan fingerprint density at radius 3 is 2.76 bits per heavy atom. The second-order valence-corrected chi connectivity index (χ2v) is 9.95. The first-order valence-corrected chi connectivity index (χ1v) is 13.4. The summed E-state index contributed by atoms with van der Waals surface area (Å²) in [6, 6.07) is 13.6. The van der Waals surface area contributed by atoms with Gasteiger partial charge in [0.25, 0.3) is 5.91 Å². The summed E-state index contributed by atoms with van der Waals surface area (Å²) >= 11 is 0. The number of benzene rings is 2. The summed E-state index contributed by atoms with van der Waals surface area (Å²) in [6.07, 6.45) is 5.09. The van der Waals surface area contributed by atoms with Crippen molar-refractivity contribution in [2.75, 3.05) is 39.4 Å². The number of carbonyl (C=O) groups is 3. The molecule has 2 aromatic rings. The van der Waals surface area contributed by atoms with Gasteiger partial charge in [0, 0.05) is 39.0 Å². The lowest BCUT2D eigenvalue weighted by atomic mass is 9.87. The van der Waals surface area contributed by atoms with Crippen molar-refractivity contribution < 1.29 is 23.9 Å². The van der Waals surface area contributed by atoms with Crippen LogP contribution in [0, 0.1) is 0 Å². The summed E-state index contributed by atoms with van der Waals surface area (Å²) in [7, 11) is 0. The van der Waals surface area contributed by atoms with Crippen molar-refractivity contribution in [1.82, 2.24) is 15.1 Å². The van der Waals surface area contributed by atoms with Crippen LogP contribution in [-0.4, -0.2) is 66.9 Å². The maximum Gasteiger partial charge on any atom is 0.257 e. The highest BCUT2D eigenvalue weighted by Crippen LogP contribution is 2.38. The lowest BCUT2D eigenvalue weighted by molar-refractivity contribution is -0.136.